The molecule has 1 aromatic carbocycles. The molecule has 21 heavy (non-hydrogen) atoms. The Morgan fingerprint density at radius 1 is 1.24 bits per heavy atom. The molecule has 0 unspecified atom stereocenters. The van der Waals surface area contributed by atoms with E-state index in [1.165, 1.54) is 0 Å². The third-order valence-electron chi connectivity index (χ3n) is 3.42. The molecule has 0 bridgehead atoms. The van der Waals surface area contributed by atoms with Gasteiger partial charge in [0, 0.05) is 20.0 Å². The maximum Gasteiger partial charge on any atom is 0.261 e. The summed E-state index contributed by atoms with van der Waals surface area (Å²) in [7, 11) is 1.87. The van der Waals surface area contributed by atoms with E-state index in [9.17, 15) is 4.79 Å². The zero-order chi connectivity index (χ0) is 14.8. The number of para-hydroxylation sites is 1. The third kappa shape index (κ3) is 2.54. The standard InChI is InChI=1S/C14H14ClN5O/c1-19-9-16-18-12(19)6-7-20-13(8-15)17-11-5-3-2-4-10(11)14(20)21/h2-5,9H,6-8H2,1H3. The largest absolute Gasteiger partial charge is 0.321 e. The van der Waals surface area contributed by atoms with Crippen LogP contribution in [0.2, 0.25) is 0 Å². The number of benzene rings is 1. The molecule has 0 N–H and O–H groups in total. The van der Waals surface area contributed by atoms with Gasteiger partial charge in [-0.2, -0.15) is 0 Å². The first kappa shape index (κ1) is 13.8. The molecule has 0 fully saturated rings. The van der Waals surface area contributed by atoms with E-state index in [-0.39, 0.29) is 11.4 Å². The van der Waals surface area contributed by atoms with E-state index in [1.807, 2.05) is 29.8 Å². The van der Waals surface area contributed by atoms with Crippen molar-refractivity contribution >= 4 is 22.5 Å². The van der Waals surface area contributed by atoms with Crippen molar-refractivity contribution in [3.63, 3.8) is 0 Å². The number of hydrogen-bond donors (Lipinski definition) is 0. The number of aromatic nitrogens is 5. The van der Waals surface area contributed by atoms with E-state index in [0.717, 1.165) is 5.82 Å². The number of hydrogen-bond acceptors (Lipinski definition) is 4. The van der Waals surface area contributed by atoms with Crippen LogP contribution in [0, 0.1) is 0 Å². The van der Waals surface area contributed by atoms with Gasteiger partial charge in [0.05, 0.1) is 16.8 Å². The number of nitrogens with zero attached hydrogens (tertiary/aromatic N) is 5. The summed E-state index contributed by atoms with van der Waals surface area (Å²) in [4.78, 5) is 17.0. The molecular formula is C14H14ClN5O. The highest BCUT2D eigenvalue weighted by atomic mass is 35.5. The average molecular weight is 304 g/mol. The second-order valence-electron chi connectivity index (χ2n) is 4.74. The van der Waals surface area contributed by atoms with E-state index in [1.54, 1.807) is 17.0 Å². The van der Waals surface area contributed by atoms with Gasteiger partial charge in [-0.25, -0.2) is 4.98 Å². The molecule has 3 rings (SSSR count). The van der Waals surface area contributed by atoms with E-state index < -0.39 is 0 Å². The lowest BCUT2D eigenvalue weighted by atomic mass is 10.2. The van der Waals surface area contributed by atoms with Crippen LogP contribution >= 0.6 is 11.6 Å². The lowest BCUT2D eigenvalue weighted by Gasteiger charge is -2.11. The molecule has 0 aliphatic rings. The molecule has 2 heterocycles. The lowest BCUT2D eigenvalue weighted by Crippen LogP contribution is -2.26. The van der Waals surface area contributed by atoms with Gasteiger partial charge in [-0.15, -0.1) is 21.8 Å². The maximum atomic E-state index is 12.6. The van der Waals surface area contributed by atoms with Gasteiger partial charge in [-0.3, -0.25) is 9.36 Å². The van der Waals surface area contributed by atoms with Gasteiger partial charge >= 0.3 is 0 Å². The molecular weight excluding hydrogens is 290 g/mol. The zero-order valence-electron chi connectivity index (χ0n) is 11.5. The smallest absolute Gasteiger partial charge is 0.261 e. The number of fused-ring (bicyclic) bond motifs is 1. The van der Waals surface area contributed by atoms with Gasteiger partial charge in [0.15, 0.2) is 0 Å². The fourth-order valence-corrected chi connectivity index (χ4v) is 2.50. The van der Waals surface area contributed by atoms with Crippen LogP contribution in [0.1, 0.15) is 11.6 Å². The molecule has 0 saturated heterocycles. The van der Waals surface area contributed by atoms with Crippen molar-refractivity contribution in [2.45, 2.75) is 18.8 Å². The SMILES string of the molecule is Cn1cnnc1CCn1c(CCl)nc2ccccc2c1=O. The second-order valence-corrected chi connectivity index (χ2v) is 5.01. The lowest BCUT2D eigenvalue weighted by molar-refractivity contribution is 0.605. The number of rotatable bonds is 4. The molecule has 7 heteroatoms. The van der Waals surface area contributed by atoms with Crippen molar-refractivity contribution in [2.24, 2.45) is 7.05 Å². The normalized spacial score (nSPS) is 11.1. The molecule has 0 aliphatic carbocycles. The third-order valence-corrected chi connectivity index (χ3v) is 3.66. The Morgan fingerprint density at radius 2 is 2.05 bits per heavy atom. The van der Waals surface area contributed by atoms with Gasteiger partial charge in [-0.05, 0) is 12.1 Å². The summed E-state index contributed by atoms with van der Waals surface area (Å²) in [5.74, 6) is 1.58. The first-order valence-corrected chi connectivity index (χ1v) is 7.11. The van der Waals surface area contributed by atoms with Crippen LogP contribution in [-0.4, -0.2) is 24.3 Å². The summed E-state index contributed by atoms with van der Waals surface area (Å²) < 4.78 is 3.45. The second kappa shape index (κ2) is 5.65. The number of alkyl halides is 1. The Balaban J connectivity index is 2.02. The monoisotopic (exact) mass is 303 g/mol. The molecule has 2 aromatic heterocycles. The first-order chi connectivity index (χ1) is 10.2. The van der Waals surface area contributed by atoms with Crippen LogP contribution in [0.25, 0.3) is 10.9 Å². The van der Waals surface area contributed by atoms with Gasteiger partial charge in [-0.1, -0.05) is 12.1 Å². The molecule has 0 radical (unpaired) electrons. The average Bonchev–Trinajstić information content (AvgIpc) is 2.91. The van der Waals surface area contributed by atoms with Crippen LogP contribution in [0.3, 0.4) is 0 Å². The predicted molar refractivity (Wildman–Crippen MR) is 80.3 cm³/mol. The minimum atomic E-state index is -0.0709. The summed E-state index contributed by atoms with van der Waals surface area (Å²) in [6, 6.07) is 7.29. The van der Waals surface area contributed by atoms with Crippen LogP contribution in [0.4, 0.5) is 0 Å². The van der Waals surface area contributed by atoms with E-state index in [2.05, 4.69) is 15.2 Å². The summed E-state index contributed by atoms with van der Waals surface area (Å²) in [5.41, 5.74) is 0.603. The Labute approximate surface area is 126 Å². The molecule has 108 valence electrons. The molecule has 0 amide bonds. The predicted octanol–water partition coefficient (Wildman–Crippen LogP) is 1.51. The van der Waals surface area contributed by atoms with Crippen LogP contribution in [-0.2, 0) is 25.9 Å². The highest BCUT2D eigenvalue weighted by Crippen LogP contribution is 2.10. The maximum absolute atomic E-state index is 12.6. The quantitative estimate of drug-likeness (QED) is 0.685. The Morgan fingerprint density at radius 3 is 2.76 bits per heavy atom. The Kier molecular flexibility index (Phi) is 3.70. The summed E-state index contributed by atoms with van der Waals surface area (Å²) in [6.45, 7) is 0.477. The fraction of sp³-hybridized carbons (Fsp3) is 0.286. The van der Waals surface area contributed by atoms with Crippen molar-refractivity contribution in [3.8, 4) is 0 Å². The Bertz CT molecular complexity index is 839. The minimum absolute atomic E-state index is 0.0709. The van der Waals surface area contributed by atoms with Crippen LogP contribution in [0.15, 0.2) is 35.4 Å². The van der Waals surface area contributed by atoms with Crippen molar-refractivity contribution in [2.75, 3.05) is 0 Å². The van der Waals surface area contributed by atoms with Crippen molar-refractivity contribution < 1.29 is 0 Å². The molecule has 3 aromatic rings. The topological polar surface area (TPSA) is 65.6 Å². The van der Waals surface area contributed by atoms with Crippen molar-refractivity contribution in [3.05, 3.63) is 52.6 Å². The molecule has 6 nitrogen and oxygen atoms in total. The Hall–Kier alpha value is -2.21. The van der Waals surface area contributed by atoms with Crippen molar-refractivity contribution in [1.82, 2.24) is 24.3 Å². The van der Waals surface area contributed by atoms with E-state index in [4.69, 9.17) is 11.6 Å². The molecule has 0 spiro atoms. The van der Waals surface area contributed by atoms with Gasteiger partial charge in [0.1, 0.15) is 18.0 Å². The van der Waals surface area contributed by atoms with Crippen LogP contribution in [0.5, 0.6) is 0 Å². The number of aryl methyl sites for hydroxylation is 2. The van der Waals surface area contributed by atoms with E-state index >= 15 is 0 Å². The van der Waals surface area contributed by atoms with Gasteiger partial charge in [0.25, 0.3) is 5.56 Å². The summed E-state index contributed by atoms with van der Waals surface area (Å²) in [5, 5.41) is 8.46. The number of halogens is 1. The molecule has 0 atom stereocenters. The highest BCUT2D eigenvalue weighted by molar-refractivity contribution is 6.16. The van der Waals surface area contributed by atoms with Crippen LogP contribution < -0.4 is 5.56 Å². The first-order valence-electron chi connectivity index (χ1n) is 6.58. The zero-order valence-corrected chi connectivity index (χ0v) is 12.3. The van der Waals surface area contributed by atoms with Crippen molar-refractivity contribution in [1.29, 1.82) is 0 Å². The highest BCUT2D eigenvalue weighted by Gasteiger charge is 2.11. The molecule has 0 saturated carbocycles. The fourth-order valence-electron chi connectivity index (χ4n) is 2.29. The summed E-state index contributed by atoms with van der Waals surface area (Å²) in [6.07, 6.45) is 2.24. The van der Waals surface area contributed by atoms with Gasteiger partial charge in [0.2, 0.25) is 0 Å². The van der Waals surface area contributed by atoms with Gasteiger partial charge < -0.3 is 4.57 Å². The van der Waals surface area contributed by atoms with E-state index in [0.29, 0.717) is 29.7 Å². The minimum Gasteiger partial charge on any atom is -0.321 e. The molecule has 0 aliphatic heterocycles. The summed E-state index contributed by atoms with van der Waals surface area (Å²) >= 11 is 5.94.